The molecule has 4 rings (SSSR count). The van der Waals surface area contributed by atoms with E-state index in [2.05, 4.69) is 40.7 Å². The summed E-state index contributed by atoms with van der Waals surface area (Å²) in [5, 5.41) is 21.1. The van der Waals surface area contributed by atoms with Crippen LogP contribution in [0.1, 0.15) is 92.4 Å². The standard InChI is InChI=1S/C26H44O2/c1-16(2)14-24(28)17(3)21-8-9-22-20-7-6-18-15-19(27)10-12-25(18,4)23(20)11-13-26(21,22)5/h6,16-17,19-24,27-28H,7-15H2,1-5H3/t17?,19?,20?,21?,22?,23?,24-,25+,26-/m1/s1. The molecule has 0 heterocycles. The van der Waals surface area contributed by atoms with Crippen LogP contribution in [-0.2, 0) is 0 Å². The highest BCUT2D eigenvalue weighted by Crippen LogP contribution is 2.67. The van der Waals surface area contributed by atoms with Crippen LogP contribution in [0.15, 0.2) is 11.6 Å². The summed E-state index contributed by atoms with van der Waals surface area (Å²) in [5.41, 5.74) is 2.32. The summed E-state index contributed by atoms with van der Waals surface area (Å²) in [4.78, 5) is 0. The van der Waals surface area contributed by atoms with Crippen molar-refractivity contribution in [2.75, 3.05) is 0 Å². The molecule has 6 unspecified atom stereocenters. The van der Waals surface area contributed by atoms with Gasteiger partial charge in [-0.05, 0) is 104 Å². The number of allylic oxidation sites excluding steroid dienone is 1. The molecule has 3 saturated carbocycles. The van der Waals surface area contributed by atoms with E-state index < -0.39 is 0 Å². The second kappa shape index (κ2) is 7.41. The minimum atomic E-state index is -0.145. The Kier molecular flexibility index (Phi) is 5.54. The van der Waals surface area contributed by atoms with Gasteiger partial charge in [-0.1, -0.05) is 46.3 Å². The maximum atomic E-state index is 10.9. The van der Waals surface area contributed by atoms with Crippen LogP contribution in [0.25, 0.3) is 0 Å². The zero-order valence-electron chi connectivity index (χ0n) is 19.0. The Hall–Kier alpha value is -0.340. The molecule has 4 aliphatic carbocycles. The molecule has 0 amide bonds. The summed E-state index contributed by atoms with van der Waals surface area (Å²) in [6, 6.07) is 0. The zero-order valence-corrected chi connectivity index (χ0v) is 19.0. The van der Waals surface area contributed by atoms with Crippen molar-refractivity contribution in [3.05, 3.63) is 11.6 Å². The van der Waals surface area contributed by atoms with Gasteiger partial charge in [0, 0.05) is 0 Å². The predicted molar refractivity (Wildman–Crippen MR) is 116 cm³/mol. The van der Waals surface area contributed by atoms with E-state index in [9.17, 15) is 10.2 Å². The Morgan fingerprint density at radius 3 is 2.50 bits per heavy atom. The number of aliphatic hydroxyl groups is 2. The van der Waals surface area contributed by atoms with Crippen LogP contribution in [-0.4, -0.2) is 22.4 Å². The van der Waals surface area contributed by atoms with Crippen molar-refractivity contribution in [2.45, 2.75) is 105 Å². The molecular formula is C26H44O2. The molecule has 0 aromatic rings. The summed E-state index contributed by atoms with van der Waals surface area (Å²) in [6.45, 7) is 11.9. The molecule has 0 bridgehead atoms. The van der Waals surface area contributed by atoms with Gasteiger partial charge in [0.1, 0.15) is 0 Å². The van der Waals surface area contributed by atoms with Gasteiger partial charge in [-0.25, -0.2) is 0 Å². The Morgan fingerprint density at radius 1 is 1.04 bits per heavy atom. The smallest absolute Gasteiger partial charge is 0.0577 e. The zero-order chi connectivity index (χ0) is 20.3. The molecule has 2 nitrogen and oxygen atoms in total. The van der Waals surface area contributed by atoms with E-state index in [1.54, 1.807) is 5.57 Å². The van der Waals surface area contributed by atoms with Gasteiger partial charge in [0.15, 0.2) is 0 Å². The lowest BCUT2D eigenvalue weighted by molar-refractivity contribution is -0.0687. The fraction of sp³-hybridized carbons (Fsp3) is 0.923. The predicted octanol–water partition coefficient (Wildman–Crippen LogP) is 5.97. The molecule has 4 aliphatic rings. The molecule has 0 radical (unpaired) electrons. The van der Waals surface area contributed by atoms with Crippen molar-refractivity contribution in [2.24, 2.45) is 46.3 Å². The topological polar surface area (TPSA) is 40.5 Å². The Labute approximate surface area is 173 Å². The van der Waals surface area contributed by atoms with E-state index in [0.29, 0.717) is 28.6 Å². The van der Waals surface area contributed by atoms with Crippen molar-refractivity contribution in [3.8, 4) is 0 Å². The van der Waals surface area contributed by atoms with Crippen LogP contribution < -0.4 is 0 Å². The molecule has 0 spiro atoms. The van der Waals surface area contributed by atoms with E-state index in [0.717, 1.165) is 37.0 Å². The monoisotopic (exact) mass is 388 g/mol. The van der Waals surface area contributed by atoms with E-state index in [1.807, 2.05) is 0 Å². The second-order valence-corrected chi connectivity index (χ2v) is 11.9. The third-order valence-corrected chi connectivity index (χ3v) is 10.1. The number of rotatable bonds is 4. The van der Waals surface area contributed by atoms with Gasteiger partial charge >= 0.3 is 0 Å². The molecule has 2 heteroatoms. The maximum Gasteiger partial charge on any atom is 0.0577 e. The van der Waals surface area contributed by atoms with Crippen LogP contribution in [0.3, 0.4) is 0 Å². The van der Waals surface area contributed by atoms with Crippen molar-refractivity contribution in [3.63, 3.8) is 0 Å². The third-order valence-electron chi connectivity index (χ3n) is 10.1. The minimum absolute atomic E-state index is 0.108. The Balaban J connectivity index is 1.55. The SMILES string of the molecule is CC(C)C[C@@H](O)C(C)C1CCC2C3CC=C4CC(O)CC[C@]4(C)C3CC[C@@]21C. The molecule has 9 atom stereocenters. The average molecular weight is 389 g/mol. The second-order valence-electron chi connectivity index (χ2n) is 11.9. The van der Waals surface area contributed by atoms with Crippen LogP contribution in [0, 0.1) is 46.3 Å². The van der Waals surface area contributed by atoms with Gasteiger partial charge in [0.05, 0.1) is 12.2 Å². The van der Waals surface area contributed by atoms with Crippen molar-refractivity contribution in [1.29, 1.82) is 0 Å². The van der Waals surface area contributed by atoms with E-state index in [4.69, 9.17) is 0 Å². The highest BCUT2D eigenvalue weighted by atomic mass is 16.3. The Morgan fingerprint density at radius 2 is 1.79 bits per heavy atom. The normalized spacial score (nSPS) is 47.7. The fourth-order valence-corrected chi connectivity index (χ4v) is 8.51. The highest BCUT2D eigenvalue weighted by Gasteiger charge is 2.59. The van der Waals surface area contributed by atoms with Gasteiger partial charge in [-0.15, -0.1) is 0 Å². The number of fused-ring (bicyclic) bond motifs is 5. The molecule has 0 aromatic carbocycles. The summed E-state index contributed by atoms with van der Waals surface area (Å²) in [5.74, 6) is 4.13. The van der Waals surface area contributed by atoms with Crippen LogP contribution >= 0.6 is 0 Å². The van der Waals surface area contributed by atoms with Crippen molar-refractivity contribution in [1.82, 2.24) is 0 Å². The summed E-state index contributed by atoms with van der Waals surface area (Å²) >= 11 is 0. The summed E-state index contributed by atoms with van der Waals surface area (Å²) in [6.07, 6.45) is 12.9. The van der Waals surface area contributed by atoms with Gasteiger partial charge in [-0.3, -0.25) is 0 Å². The van der Waals surface area contributed by atoms with Crippen LogP contribution in [0.2, 0.25) is 0 Å². The molecule has 2 N–H and O–H groups in total. The first kappa shape index (κ1) is 20.9. The molecule has 3 fully saturated rings. The quantitative estimate of drug-likeness (QED) is 0.583. The first-order valence-corrected chi connectivity index (χ1v) is 12.2. The fourth-order valence-electron chi connectivity index (χ4n) is 8.51. The van der Waals surface area contributed by atoms with Gasteiger partial charge in [-0.2, -0.15) is 0 Å². The lowest BCUT2D eigenvalue weighted by Gasteiger charge is -2.58. The van der Waals surface area contributed by atoms with Gasteiger partial charge in [0.2, 0.25) is 0 Å². The van der Waals surface area contributed by atoms with Gasteiger partial charge < -0.3 is 10.2 Å². The summed E-state index contributed by atoms with van der Waals surface area (Å²) < 4.78 is 0. The number of hydrogen-bond donors (Lipinski definition) is 2. The summed E-state index contributed by atoms with van der Waals surface area (Å²) in [7, 11) is 0. The molecular weight excluding hydrogens is 344 g/mol. The Bertz CT molecular complexity index is 610. The number of hydrogen-bond acceptors (Lipinski definition) is 2. The van der Waals surface area contributed by atoms with Crippen molar-refractivity contribution < 1.29 is 10.2 Å². The molecule has 0 saturated heterocycles. The average Bonchev–Trinajstić information content (AvgIpc) is 2.98. The molecule has 160 valence electrons. The lowest BCUT2D eigenvalue weighted by atomic mass is 9.47. The highest BCUT2D eigenvalue weighted by molar-refractivity contribution is 5.25. The lowest BCUT2D eigenvalue weighted by Crippen LogP contribution is -2.51. The van der Waals surface area contributed by atoms with Gasteiger partial charge in [0.25, 0.3) is 0 Å². The van der Waals surface area contributed by atoms with Crippen molar-refractivity contribution >= 4 is 0 Å². The first-order valence-electron chi connectivity index (χ1n) is 12.2. The first-order chi connectivity index (χ1) is 13.2. The maximum absolute atomic E-state index is 10.9. The minimum Gasteiger partial charge on any atom is -0.393 e. The van der Waals surface area contributed by atoms with Crippen LogP contribution in [0.5, 0.6) is 0 Å². The molecule has 0 aliphatic heterocycles. The molecule has 28 heavy (non-hydrogen) atoms. The largest absolute Gasteiger partial charge is 0.393 e. The van der Waals surface area contributed by atoms with Crippen LogP contribution in [0.4, 0.5) is 0 Å². The molecule has 0 aromatic heterocycles. The van der Waals surface area contributed by atoms with E-state index in [-0.39, 0.29) is 12.2 Å². The third kappa shape index (κ3) is 3.22. The van der Waals surface area contributed by atoms with E-state index in [1.165, 1.54) is 38.5 Å². The number of aliphatic hydroxyl groups excluding tert-OH is 2. The van der Waals surface area contributed by atoms with E-state index >= 15 is 0 Å².